The van der Waals surface area contributed by atoms with Gasteiger partial charge in [0.05, 0.1) is 5.69 Å². The van der Waals surface area contributed by atoms with Gasteiger partial charge in [-0.1, -0.05) is 35.0 Å². The van der Waals surface area contributed by atoms with Crippen LogP contribution >= 0.6 is 11.3 Å². The van der Waals surface area contributed by atoms with Gasteiger partial charge in [-0.05, 0) is 30.5 Å². The molecule has 2 aromatic carbocycles. The summed E-state index contributed by atoms with van der Waals surface area (Å²) in [4.78, 5) is 4.90. The van der Waals surface area contributed by atoms with E-state index in [1.165, 1.54) is 28.8 Å². The minimum Gasteiger partial charge on any atom is -0.454 e. The molecular formula is C21H17N3O5S2. The van der Waals surface area contributed by atoms with Gasteiger partial charge in [-0.3, -0.25) is 4.31 Å². The van der Waals surface area contributed by atoms with Crippen molar-refractivity contribution >= 4 is 27.0 Å². The Morgan fingerprint density at radius 1 is 1.03 bits per heavy atom. The summed E-state index contributed by atoms with van der Waals surface area (Å²) in [5.74, 6) is 1.64. The molecule has 158 valence electrons. The van der Waals surface area contributed by atoms with E-state index in [0.717, 1.165) is 11.1 Å². The summed E-state index contributed by atoms with van der Waals surface area (Å²) in [6, 6.07) is 14.2. The zero-order chi connectivity index (χ0) is 21.6. The smallest absolute Gasteiger partial charge is 0.269 e. The van der Waals surface area contributed by atoms with Crippen molar-refractivity contribution in [2.24, 2.45) is 0 Å². The molecule has 4 aromatic rings. The highest BCUT2D eigenvalue weighted by Gasteiger charge is 2.29. The summed E-state index contributed by atoms with van der Waals surface area (Å²) in [6.45, 7) is 2.11. The predicted molar refractivity (Wildman–Crippen MR) is 116 cm³/mol. The highest BCUT2D eigenvalue weighted by Crippen LogP contribution is 2.39. The van der Waals surface area contributed by atoms with Crippen LogP contribution in [0.4, 0.5) is 5.69 Å². The third kappa shape index (κ3) is 3.43. The number of aromatic nitrogens is 2. The van der Waals surface area contributed by atoms with Crippen LogP contribution in [0.15, 0.2) is 63.3 Å². The first-order chi connectivity index (χ1) is 14.9. The number of hydrogen-bond acceptors (Lipinski definition) is 8. The third-order valence-corrected chi connectivity index (χ3v) is 7.78. The fraction of sp³-hybridized carbons (Fsp3) is 0.143. The minimum absolute atomic E-state index is 0.0942. The summed E-state index contributed by atoms with van der Waals surface area (Å²) in [5.41, 5.74) is 2.36. The van der Waals surface area contributed by atoms with Crippen LogP contribution in [0.2, 0.25) is 0 Å². The lowest BCUT2D eigenvalue weighted by molar-refractivity contribution is 0.174. The molecule has 10 heteroatoms. The molecule has 8 nitrogen and oxygen atoms in total. The maximum absolute atomic E-state index is 13.4. The second-order valence-electron chi connectivity index (χ2n) is 6.91. The number of rotatable bonds is 5. The molecule has 2 aromatic heterocycles. The number of benzene rings is 2. The Balaban J connectivity index is 1.49. The number of nitrogens with zero attached hydrogens (tertiary/aromatic N) is 3. The molecule has 0 N–H and O–H groups in total. The number of hydrogen-bond donors (Lipinski definition) is 0. The molecule has 0 fully saturated rings. The first-order valence-electron chi connectivity index (χ1n) is 9.31. The maximum Gasteiger partial charge on any atom is 0.269 e. The first kappa shape index (κ1) is 19.6. The van der Waals surface area contributed by atoms with E-state index in [1.54, 1.807) is 23.6 Å². The number of anilines is 1. The molecule has 0 unspecified atom stereocenters. The van der Waals surface area contributed by atoms with Crippen molar-refractivity contribution in [1.82, 2.24) is 10.1 Å². The van der Waals surface area contributed by atoms with Gasteiger partial charge in [0.25, 0.3) is 15.9 Å². The van der Waals surface area contributed by atoms with Gasteiger partial charge in [0.15, 0.2) is 11.5 Å². The number of aryl methyl sites for hydroxylation is 1. The van der Waals surface area contributed by atoms with Crippen molar-refractivity contribution in [2.75, 3.05) is 18.1 Å². The molecule has 1 aliphatic heterocycles. The molecule has 0 saturated heterocycles. The summed E-state index contributed by atoms with van der Waals surface area (Å²) >= 11 is 1.23. The van der Waals surface area contributed by atoms with Crippen molar-refractivity contribution < 1.29 is 22.4 Å². The quantitative estimate of drug-likeness (QED) is 0.442. The Labute approximate surface area is 182 Å². The van der Waals surface area contributed by atoms with Crippen LogP contribution in [-0.4, -0.2) is 32.4 Å². The summed E-state index contributed by atoms with van der Waals surface area (Å²) < 4.78 is 44.0. The molecule has 1 aliphatic rings. The van der Waals surface area contributed by atoms with Crippen LogP contribution in [0, 0.1) is 6.92 Å². The van der Waals surface area contributed by atoms with Crippen LogP contribution < -0.4 is 13.8 Å². The minimum atomic E-state index is -3.89. The van der Waals surface area contributed by atoms with Crippen molar-refractivity contribution in [3.8, 4) is 33.7 Å². The van der Waals surface area contributed by atoms with Crippen molar-refractivity contribution in [2.45, 2.75) is 11.8 Å². The van der Waals surface area contributed by atoms with Gasteiger partial charge >= 0.3 is 0 Å². The molecule has 0 spiro atoms. The van der Waals surface area contributed by atoms with Crippen molar-refractivity contribution in [3.05, 3.63) is 59.5 Å². The lowest BCUT2D eigenvalue weighted by atomic mass is 10.1. The average molecular weight is 456 g/mol. The molecule has 0 radical (unpaired) electrons. The lowest BCUT2D eigenvalue weighted by Crippen LogP contribution is -2.26. The van der Waals surface area contributed by atoms with E-state index in [4.69, 9.17) is 14.0 Å². The van der Waals surface area contributed by atoms with E-state index in [0.29, 0.717) is 27.9 Å². The summed E-state index contributed by atoms with van der Waals surface area (Å²) in [7, 11) is -2.40. The maximum atomic E-state index is 13.4. The third-order valence-electron chi connectivity index (χ3n) is 4.92. The standard InChI is InChI=1S/C21H17N3O5S2/c1-13-3-5-14(6-4-13)20-22-21(29-23-20)19-18(9-10-30-19)31(25,26)24(2)15-7-8-16-17(11-15)28-12-27-16/h3-11H,12H2,1-2H3. The molecule has 3 heterocycles. The number of fused-ring (bicyclic) bond motifs is 1. The van der Waals surface area contributed by atoms with Gasteiger partial charge in [-0.2, -0.15) is 4.98 Å². The number of sulfonamides is 1. The fourth-order valence-corrected chi connectivity index (χ4v) is 5.66. The van der Waals surface area contributed by atoms with Crippen LogP contribution in [0.5, 0.6) is 11.5 Å². The van der Waals surface area contributed by atoms with Crippen LogP contribution in [0.25, 0.3) is 22.2 Å². The molecule has 0 amide bonds. The summed E-state index contributed by atoms with van der Waals surface area (Å²) in [6.07, 6.45) is 0. The second kappa shape index (κ2) is 7.40. The lowest BCUT2D eigenvalue weighted by Gasteiger charge is -2.19. The molecule has 0 aliphatic carbocycles. The van der Waals surface area contributed by atoms with Gasteiger partial charge in [0.2, 0.25) is 12.6 Å². The first-order valence-corrected chi connectivity index (χ1v) is 11.6. The normalized spacial score (nSPS) is 12.8. The van der Waals surface area contributed by atoms with E-state index in [1.807, 2.05) is 31.2 Å². The van der Waals surface area contributed by atoms with E-state index in [2.05, 4.69) is 10.1 Å². The Morgan fingerprint density at radius 3 is 2.61 bits per heavy atom. The van der Waals surface area contributed by atoms with E-state index >= 15 is 0 Å². The fourth-order valence-electron chi connectivity index (χ4n) is 3.16. The van der Waals surface area contributed by atoms with E-state index < -0.39 is 10.0 Å². The largest absolute Gasteiger partial charge is 0.454 e. The average Bonchev–Trinajstić information content (AvgIpc) is 3.53. The van der Waals surface area contributed by atoms with Crippen molar-refractivity contribution in [3.63, 3.8) is 0 Å². The van der Waals surface area contributed by atoms with Gasteiger partial charge in [0.1, 0.15) is 9.77 Å². The van der Waals surface area contributed by atoms with Crippen molar-refractivity contribution in [1.29, 1.82) is 0 Å². The highest BCUT2D eigenvalue weighted by atomic mass is 32.2. The van der Waals surface area contributed by atoms with Gasteiger partial charge < -0.3 is 14.0 Å². The number of thiophene rings is 1. The summed E-state index contributed by atoms with van der Waals surface area (Å²) in [5, 5.41) is 5.71. The van der Waals surface area contributed by atoms with Crippen LogP contribution in [0.1, 0.15) is 5.56 Å². The molecule has 5 rings (SSSR count). The monoisotopic (exact) mass is 455 g/mol. The zero-order valence-corrected chi connectivity index (χ0v) is 18.2. The van der Waals surface area contributed by atoms with Gasteiger partial charge in [0, 0.05) is 18.7 Å². The second-order valence-corrected chi connectivity index (χ2v) is 9.77. The number of ether oxygens (including phenoxy) is 2. The predicted octanol–water partition coefficient (Wildman–Crippen LogP) is 4.33. The molecule has 0 atom stereocenters. The Hall–Kier alpha value is -3.37. The molecule has 0 saturated carbocycles. The Kier molecular flexibility index (Phi) is 4.67. The van der Waals surface area contributed by atoms with Crippen LogP contribution in [-0.2, 0) is 10.0 Å². The highest BCUT2D eigenvalue weighted by molar-refractivity contribution is 7.93. The van der Waals surface area contributed by atoms with E-state index in [9.17, 15) is 8.42 Å². The SMILES string of the molecule is Cc1ccc(-c2noc(-c3sccc3S(=O)(=O)N(C)c3ccc4c(c3)OCO4)n2)cc1. The van der Waals surface area contributed by atoms with Gasteiger partial charge in [-0.25, -0.2) is 8.42 Å². The molecule has 31 heavy (non-hydrogen) atoms. The zero-order valence-electron chi connectivity index (χ0n) is 16.6. The van der Waals surface area contributed by atoms with Gasteiger partial charge in [-0.15, -0.1) is 11.3 Å². The van der Waals surface area contributed by atoms with E-state index in [-0.39, 0.29) is 17.6 Å². The molecule has 0 bridgehead atoms. The Morgan fingerprint density at radius 2 is 1.81 bits per heavy atom. The topological polar surface area (TPSA) is 94.8 Å². The van der Waals surface area contributed by atoms with Crippen LogP contribution in [0.3, 0.4) is 0 Å². The Bertz CT molecular complexity index is 1360. The molecular weight excluding hydrogens is 438 g/mol.